The molecule has 0 amide bonds. The minimum Gasteiger partial charge on any atom is -0.496 e. The quantitative estimate of drug-likeness (QED) is 0.227. The summed E-state index contributed by atoms with van der Waals surface area (Å²) in [5.74, 6) is 1.60. The number of para-hydroxylation sites is 2. The third-order valence-electron chi connectivity index (χ3n) is 5.27. The fourth-order valence-electron chi connectivity index (χ4n) is 3.62. The molecule has 0 atom stereocenters. The first kappa shape index (κ1) is 21.8. The van der Waals surface area contributed by atoms with E-state index in [4.69, 9.17) is 9.73 Å². The molecule has 4 heteroatoms. The van der Waals surface area contributed by atoms with Gasteiger partial charge in [-0.1, -0.05) is 91.0 Å². The summed E-state index contributed by atoms with van der Waals surface area (Å²) in [4.78, 5) is 5.17. The highest BCUT2D eigenvalue weighted by Crippen LogP contribution is 2.33. The van der Waals surface area contributed by atoms with Crippen LogP contribution in [0.5, 0.6) is 5.75 Å². The standard InChI is InChI=1S/C28H27N2OP/c1-21-13-12-14-22(2)27(21)29-28(25-19-10-11-20-26(25)31-3)30-32(23-15-6-4-7-16-23)24-17-8-5-9-18-24/h4-20H,1-3H3,(H,29,30). The van der Waals surface area contributed by atoms with Crippen LogP contribution >= 0.6 is 8.07 Å². The van der Waals surface area contributed by atoms with Crippen molar-refractivity contribution in [2.45, 2.75) is 13.8 Å². The number of nitrogens with one attached hydrogen (secondary N) is 1. The second kappa shape index (κ2) is 10.3. The fraction of sp³-hybridized carbons (Fsp3) is 0.107. The van der Waals surface area contributed by atoms with Gasteiger partial charge in [-0.15, -0.1) is 0 Å². The third kappa shape index (κ3) is 4.90. The molecular weight excluding hydrogens is 411 g/mol. The van der Waals surface area contributed by atoms with Crippen molar-refractivity contribution in [1.82, 2.24) is 5.09 Å². The first-order valence-electron chi connectivity index (χ1n) is 10.6. The Hall–Kier alpha value is -3.42. The number of aryl methyl sites for hydroxylation is 2. The van der Waals surface area contributed by atoms with Crippen LogP contribution in [0.2, 0.25) is 0 Å². The molecular formula is C28H27N2OP. The molecule has 0 heterocycles. The van der Waals surface area contributed by atoms with Gasteiger partial charge in [0.25, 0.3) is 0 Å². The summed E-state index contributed by atoms with van der Waals surface area (Å²) in [6.07, 6.45) is 0. The maximum atomic E-state index is 5.70. The van der Waals surface area contributed by atoms with Crippen molar-refractivity contribution in [3.8, 4) is 5.75 Å². The number of rotatable bonds is 6. The van der Waals surface area contributed by atoms with E-state index >= 15 is 0 Å². The fourth-order valence-corrected chi connectivity index (χ4v) is 5.50. The lowest BCUT2D eigenvalue weighted by molar-refractivity contribution is 0.414. The zero-order chi connectivity index (χ0) is 22.3. The molecule has 160 valence electrons. The topological polar surface area (TPSA) is 33.6 Å². The second-order valence-electron chi connectivity index (χ2n) is 7.52. The molecule has 0 unspecified atom stereocenters. The molecule has 0 radical (unpaired) electrons. The summed E-state index contributed by atoms with van der Waals surface area (Å²) < 4.78 is 5.70. The highest BCUT2D eigenvalue weighted by Gasteiger charge is 2.19. The molecule has 3 nitrogen and oxygen atoms in total. The molecule has 0 fully saturated rings. The lowest BCUT2D eigenvalue weighted by Crippen LogP contribution is -2.29. The number of nitrogens with zero attached hydrogens (tertiary/aromatic N) is 1. The Morgan fingerprint density at radius 2 is 1.22 bits per heavy atom. The average Bonchev–Trinajstić information content (AvgIpc) is 2.84. The van der Waals surface area contributed by atoms with Crippen LogP contribution in [0.15, 0.2) is 108 Å². The van der Waals surface area contributed by atoms with Gasteiger partial charge in [0, 0.05) is 10.6 Å². The van der Waals surface area contributed by atoms with Crippen molar-refractivity contribution in [3.05, 3.63) is 120 Å². The van der Waals surface area contributed by atoms with Gasteiger partial charge in [-0.05, 0) is 37.1 Å². The lowest BCUT2D eigenvalue weighted by atomic mass is 10.1. The van der Waals surface area contributed by atoms with Crippen molar-refractivity contribution < 1.29 is 4.74 Å². The molecule has 32 heavy (non-hydrogen) atoms. The van der Waals surface area contributed by atoms with Crippen LogP contribution in [-0.2, 0) is 0 Å². The van der Waals surface area contributed by atoms with E-state index in [1.165, 1.54) is 10.6 Å². The predicted octanol–water partition coefficient (Wildman–Crippen LogP) is 6.03. The van der Waals surface area contributed by atoms with Gasteiger partial charge < -0.3 is 9.82 Å². The molecule has 0 spiro atoms. The number of amidine groups is 1. The van der Waals surface area contributed by atoms with Gasteiger partial charge in [0.05, 0.1) is 26.4 Å². The number of ether oxygens (including phenoxy) is 1. The summed E-state index contributed by atoms with van der Waals surface area (Å²) in [6.45, 7) is 4.20. The van der Waals surface area contributed by atoms with Crippen molar-refractivity contribution >= 4 is 30.2 Å². The number of aliphatic imine (C=N–C) groups is 1. The van der Waals surface area contributed by atoms with Gasteiger partial charge >= 0.3 is 0 Å². The molecule has 0 saturated carbocycles. The monoisotopic (exact) mass is 438 g/mol. The third-order valence-corrected chi connectivity index (χ3v) is 7.34. The zero-order valence-electron chi connectivity index (χ0n) is 18.6. The number of hydrogen-bond acceptors (Lipinski definition) is 2. The molecule has 4 aromatic carbocycles. The van der Waals surface area contributed by atoms with Crippen molar-refractivity contribution in [3.63, 3.8) is 0 Å². The Labute approximate surface area is 191 Å². The van der Waals surface area contributed by atoms with Crippen LogP contribution in [0, 0.1) is 13.8 Å². The molecule has 4 rings (SSSR count). The van der Waals surface area contributed by atoms with Gasteiger partial charge in [-0.3, -0.25) is 0 Å². The van der Waals surface area contributed by atoms with Crippen LogP contribution in [0.25, 0.3) is 0 Å². The van der Waals surface area contributed by atoms with Crippen LogP contribution in [0.3, 0.4) is 0 Å². The van der Waals surface area contributed by atoms with E-state index < -0.39 is 8.07 Å². The molecule has 0 aliphatic rings. The smallest absolute Gasteiger partial charge is 0.141 e. The SMILES string of the molecule is COc1ccccc1C(=Nc1c(C)cccc1C)NP(c1ccccc1)c1ccccc1. The van der Waals surface area contributed by atoms with Crippen LogP contribution in [0.4, 0.5) is 5.69 Å². The normalized spacial score (nSPS) is 11.4. The predicted molar refractivity (Wildman–Crippen MR) is 137 cm³/mol. The molecule has 0 aliphatic carbocycles. The van der Waals surface area contributed by atoms with Crippen LogP contribution in [-0.4, -0.2) is 12.9 Å². The van der Waals surface area contributed by atoms with Gasteiger partial charge in [-0.25, -0.2) is 4.99 Å². The van der Waals surface area contributed by atoms with E-state index in [-0.39, 0.29) is 0 Å². The summed E-state index contributed by atoms with van der Waals surface area (Å²) in [7, 11) is 0.818. The highest BCUT2D eigenvalue weighted by atomic mass is 31.1. The first-order valence-corrected chi connectivity index (χ1v) is 12.0. The zero-order valence-corrected chi connectivity index (χ0v) is 19.5. The van der Waals surface area contributed by atoms with Crippen molar-refractivity contribution in [2.75, 3.05) is 7.11 Å². The van der Waals surface area contributed by atoms with Gasteiger partial charge in [-0.2, -0.15) is 0 Å². The van der Waals surface area contributed by atoms with Gasteiger partial charge in [0.15, 0.2) is 0 Å². The maximum absolute atomic E-state index is 5.70. The molecule has 4 aromatic rings. The summed E-state index contributed by atoms with van der Waals surface area (Å²) in [5, 5.41) is 6.28. The molecule has 0 bridgehead atoms. The highest BCUT2D eigenvalue weighted by molar-refractivity contribution is 7.71. The largest absolute Gasteiger partial charge is 0.496 e. The van der Waals surface area contributed by atoms with E-state index in [0.717, 1.165) is 34.0 Å². The van der Waals surface area contributed by atoms with Crippen LogP contribution in [0.1, 0.15) is 16.7 Å². The number of benzene rings is 4. The summed E-state index contributed by atoms with van der Waals surface area (Å²) in [6, 6.07) is 35.4. The minimum atomic E-state index is -0.883. The van der Waals surface area contributed by atoms with Crippen molar-refractivity contribution in [1.29, 1.82) is 0 Å². The minimum absolute atomic E-state index is 0.793. The molecule has 0 saturated heterocycles. The summed E-state index contributed by atoms with van der Waals surface area (Å²) >= 11 is 0. The van der Waals surface area contributed by atoms with E-state index in [2.05, 4.69) is 91.7 Å². The Morgan fingerprint density at radius 3 is 1.78 bits per heavy atom. The summed E-state index contributed by atoms with van der Waals surface area (Å²) in [5.41, 5.74) is 4.21. The van der Waals surface area contributed by atoms with E-state index in [1.807, 2.05) is 30.3 Å². The van der Waals surface area contributed by atoms with E-state index in [1.54, 1.807) is 7.11 Å². The Bertz CT molecular complexity index is 1150. The molecule has 0 aromatic heterocycles. The van der Waals surface area contributed by atoms with E-state index in [9.17, 15) is 0 Å². The van der Waals surface area contributed by atoms with Crippen LogP contribution < -0.4 is 20.4 Å². The number of methoxy groups -OCH3 is 1. The maximum Gasteiger partial charge on any atom is 0.141 e. The lowest BCUT2D eigenvalue weighted by Gasteiger charge is -2.23. The Balaban J connectivity index is 1.88. The van der Waals surface area contributed by atoms with E-state index in [0.29, 0.717) is 0 Å². The van der Waals surface area contributed by atoms with Gasteiger partial charge in [0.2, 0.25) is 0 Å². The second-order valence-corrected chi connectivity index (χ2v) is 9.45. The Kier molecular flexibility index (Phi) is 6.99. The van der Waals surface area contributed by atoms with Crippen molar-refractivity contribution in [2.24, 2.45) is 4.99 Å². The van der Waals surface area contributed by atoms with Gasteiger partial charge in [0.1, 0.15) is 11.6 Å². The number of hydrogen-bond donors (Lipinski definition) is 1. The average molecular weight is 439 g/mol. The Morgan fingerprint density at radius 1 is 0.688 bits per heavy atom. The molecule has 0 aliphatic heterocycles. The molecule has 1 N–H and O–H groups in total. The first-order chi connectivity index (χ1) is 15.7.